The third kappa shape index (κ3) is 4.85. The van der Waals surface area contributed by atoms with Crippen molar-refractivity contribution in [1.29, 1.82) is 0 Å². The summed E-state index contributed by atoms with van der Waals surface area (Å²) in [5, 5.41) is 0.581. The van der Waals surface area contributed by atoms with Crippen LogP contribution in [0.5, 0.6) is 5.75 Å². The molecule has 1 aliphatic rings. The predicted octanol–water partition coefficient (Wildman–Crippen LogP) is 3.87. The van der Waals surface area contributed by atoms with E-state index in [1.807, 2.05) is 0 Å². The Morgan fingerprint density at radius 3 is 2.71 bits per heavy atom. The van der Waals surface area contributed by atoms with Crippen LogP contribution in [-0.2, 0) is 14.3 Å². The summed E-state index contributed by atoms with van der Waals surface area (Å²) < 4.78 is 16.3. The zero-order chi connectivity index (χ0) is 15.2. The SMILES string of the molecule is CC(OCC1CCCCO1)C(=O)Oc1c(Cl)cccc1Cl. The van der Waals surface area contributed by atoms with Gasteiger partial charge in [0.1, 0.15) is 0 Å². The van der Waals surface area contributed by atoms with Crippen LogP contribution in [0.4, 0.5) is 0 Å². The highest BCUT2D eigenvalue weighted by Gasteiger charge is 2.22. The molecule has 6 heteroatoms. The molecule has 2 atom stereocenters. The molecule has 0 bridgehead atoms. The van der Waals surface area contributed by atoms with Gasteiger partial charge in [0, 0.05) is 6.61 Å². The summed E-state index contributed by atoms with van der Waals surface area (Å²) in [6.07, 6.45) is 2.51. The second-order valence-corrected chi connectivity index (χ2v) is 5.75. The first-order valence-corrected chi connectivity index (χ1v) is 7.72. The average Bonchev–Trinajstić information content (AvgIpc) is 2.49. The fourth-order valence-electron chi connectivity index (χ4n) is 2.02. The van der Waals surface area contributed by atoms with Gasteiger partial charge in [0.2, 0.25) is 0 Å². The summed E-state index contributed by atoms with van der Waals surface area (Å²) in [5.74, 6) is -0.365. The topological polar surface area (TPSA) is 44.8 Å². The molecule has 0 aliphatic carbocycles. The molecule has 116 valence electrons. The Morgan fingerprint density at radius 2 is 2.10 bits per heavy atom. The van der Waals surface area contributed by atoms with Gasteiger partial charge in [-0.2, -0.15) is 0 Å². The quantitative estimate of drug-likeness (QED) is 0.606. The zero-order valence-corrected chi connectivity index (χ0v) is 13.3. The van der Waals surface area contributed by atoms with Crippen LogP contribution >= 0.6 is 23.2 Å². The normalized spacial score (nSPS) is 20.0. The molecule has 1 aromatic carbocycles. The summed E-state index contributed by atoms with van der Waals surface area (Å²) >= 11 is 11.9. The van der Waals surface area contributed by atoms with E-state index < -0.39 is 12.1 Å². The van der Waals surface area contributed by atoms with Crippen LogP contribution in [0, 0.1) is 0 Å². The van der Waals surface area contributed by atoms with E-state index in [4.69, 9.17) is 37.4 Å². The number of ether oxygens (including phenoxy) is 3. The predicted molar refractivity (Wildman–Crippen MR) is 81.1 cm³/mol. The first-order valence-electron chi connectivity index (χ1n) is 6.97. The molecule has 0 spiro atoms. The summed E-state index contributed by atoms with van der Waals surface area (Å²) in [6, 6.07) is 4.90. The number of rotatable bonds is 5. The first-order chi connectivity index (χ1) is 10.1. The maximum Gasteiger partial charge on any atom is 0.340 e. The lowest BCUT2D eigenvalue weighted by Crippen LogP contribution is -2.31. The first kappa shape index (κ1) is 16.6. The van der Waals surface area contributed by atoms with E-state index in [9.17, 15) is 4.79 Å². The van der Waals surface area contributed by atoms with Crippen LogP contribution in [0.25, 0.3) is 0 Å². The maximum atomic E-state index is 12.0. The smallest absolute Gasteiger partial charge is 0.340 e. The molecule has 1 aromatic rings. The van der Waals surface area contributed by atoms with Crippen LogP contribution < -0.4 is 4.74 Å². The number of carbonyl (C=O) groups is 1. The second-order valence-electron chi connectivity index (χ2n) is 4.94. The Labute approximate surface area is 134 Å². The Hall–Kier alpha value is -0.810. The third-order valence-electron chi connectivity index (χ3n) is 3.26. The number of para-hydroxylation sites is 1. The van der Waals surface area contributed by atoms with Crippen LogP contribution in [0.3, 0.4) is 0 Å². The number of halogens is 2. The molecule has 0 saturated carbocycles. The van der Waals surface area contributed by atoms with E-state index in [1.165, 1.54) is 0 Å². The Morgan fingerprint density at radius 1 is 1.38 bits per heavy atom. The Bertz CT molecular complexity index is 466. The van der Waals surface area contributed by atoms with Gasteiger partial charge in [-0.3, -0.25) is 0 Å². The third-order valence-corrected chi connectivity index (χ3v) is 3.85. The maximum absolute atomic E-state index is 12.0. The van der Waals surface area contributed by atoms with Crippen LogP contribution in [0.15, 0.2) is 18.2 Å². The zero-order valence-electron chi connectivity index (χ0n) is 11.8. The summed E-state index contributed by atoms with van der Waals surface area (Å²) in [6.45, 7) is 2.77. The van der Waals surface area contributed by atoms with Gasteiger partial charge in [-0.15, -0.1) is 0 Å². The summed E-state index contributed by atoms with van der Waals surface area (Å²) in [5.41, 5.74) is 0. The van der Waals surface area contributed by atoms with Crippen molar-refractivity contribution in [3.05, 3.63) is 28.2 Å². The van der Waals surface area contributed by atoms with Crippen LogP contribution in [0.2, 0.25) is 10.0 Å². The van der Waals surface area contributed by atoms with E-state index in [2.05, 4.69) is 0 Å². The van der Waals surface area contributed by atoms with E-state index >= 15 is 0 Å². The van der Waals surface area contributed by atoms with Crippen molar-refractivity contribution in [2.24, 2.45) is 0 Å². The Kier molecular flexibility index (Phi) is 6.30. The fourth-order valence-corrected chi connectivity index (χ4v) is 2.50. The highest BCUT2D eigenvalue weighted by atomic mass is 35.5. The van der Waals surface area contributed by atoms with Crippen molar-refractivity contribution in [2.45, 2.75) is 38.4 Å². The minimum absolute atomic E-state index is 0.0536. The Balaban J connectivity index is 1.84. The molecular weight excluding hydrogens is 315 g/mol. The van der Waals surface area contributed by atoms with Crippen LogP contribution in [0.1, 0.15) is 26.2 Å². The fraction of sp³-hybridized carbons (Fsp3) is 0.533. The highest BCUT2D eigenvalue weighted by molar-refractivity contribution is 6.37. The van der Waals surface area contributed by atoms with Gasteiger partial charge < -0.3 is 14.2 Å². The molecule has 1 aliphatic heterocycles. The van der Waals surface area contributed by atoms with Crippen molar-refractivity contribution < 1.29 is 19.0 Å². The van der Waals surface area contributed by atoms with Crippen LogP contribution in [-0.4, -0.2) is 31.4 Å². The van der Waals surface area contributed by atoms with Gasteiger partial charge in [0.25, 0.3) is 0 Å². The molecule has 1 saturated heterocycles. The molecule has 0 N–H and O–H groups in total. The lowest BCUT2D eigenvalue weighted by molar-refractivity contribution is -0.149. The number of hydrogen-bond acceptors (Lipinski definition) is 4. The summed E-state index contributed by atoms with van der Waals surface area (Å²) in [4.78, 5) is 12.0. The van der Waals surface area contributed by atoms with Gasteiger partial charge in [-0.25, -0.2) is 4.79 Å². The molecule has 0 aromatic heterocycles. The summed E-state index contributed by atoms with van der Waals surface area (Å²) in [7, 11) is 0. The minimum atomic E-state index is -0.706. The van der Waals surface area contributed by atoms with Gasteiger partial charge in [0.15, 0.2) is 11.9 Å². The standard InChI is InChI=1S/C15H18Cl2O4/c1-10(20-9-11-5-2-3-8-19-11)15(18)21-14-12(16)6-4-7-13(14)17/h4,6-7,10-11H,2-3,5,8-9H2,1H3. The average molecular weight is 333 g/mol. The molecule has 21 heavy (non-hydrogen) atoms. The molecule has 4 nitrogen and oxygen atoms in total. The van der Waals surface area contributed by atoms with Gasteiger partial charge >= 0.3 is 5.97 Å². The number of carbonyl (C=O) groups excluding carboxylic acids is 1. The molecule has 1 heterocycles. The largest absolute Gasteiger partial charge is 0.421 e. The minimum Gasteiger partial charge on any atom is -0.421 e. The number of esters is 1. The van der Waals surface area contributed by atoms with Crippen molar-refractivity contribution in [1.82, 2.24) is 0 Å². The van der Waals surface area contributed by atoms with Gasteiger partial charge in [0.05, 0.1) is 22.8 Å². The van der Waals surface area contributed by atoms with Crippen molar-refractivity contribution >= 4 is 29.2 Å². The molecule has 2 unspecified atom stereocenters. The van der Waals surface area contributed by atoms with E-state index in [0.29, 0.717) is 16.7 Å². The number of benzene rings is 1. The molecule has 0 radical (unpaired) electrons. The molecule has 2 rings (SSSR count). The lowest BCUT2D eigenvalue weighted by Gasteiger charge is -2.23. The monoisotopic (exact) mass is 332 g/mol. The van der Waals surface area contributed by atoms with Gasteiger partial charge in [-0.05, 0) is 38.3 Å². The van der Waals surface area contributed by atoms with Crippen molar-refractivity contribution in [3.63, 3.8) is 0 Å². The number of hydrogen-bond donors (Lipinski definition) is 0. The van der Waals surface area contributed by atoms with Crippen molar-refractivity contribution in [2.75, 3.05) is 13.2 Å². The van der Waals surface area contributed by atoms with E-state index in [0.717, 1.165) is 25.9 Å². The lowest BCUT2D eigenvalue weighted by atomic mass is 10.1. The van der Waals surface area contributed by atoms with E-state index in [1.54, 1.807) is 25.1 Å². The molecule has 1 fully saturated rings. The second kappa shape index (κ2) is 7.99. The highest BCUT2D eigenvalue weighted by Crippen LogP contribution is 2.32. The molecular formula is C15H18Cl2O4. The molecule has 0 amide bonds. The van der Waals surface area contributed by atoms with Crippen molar-refractivity contribution in [3.8, 4) is 5.75 Å². The van der Waals surface area contributed by atoms with Gasteiger partial charge in [-0.1, -0.05) is 29.3 Å². The van der Waals surface area contributed by atoms with E-state index in [-0.39, 0.29) is 11.9 Å².